The molecule has 0 fully saturated rings. The second kappa shape index (κ2) is 6.16. The molecule has 5 nitrogen and oxygen atoms in total. The Bertz CT molecular complexity index is 496. The highest BCUT2D eigenvalue weighted by molar-refractivity contribution is 5.35. The Morgan fingerprint density at radius 1 is 1.28 bits per heavy atom. The van der Waals surface area contributed by atoms with E-state index in [0.29, 0.717) is 25.5 Å². The van der Waals surface area contributed by atoms with Gasteiger partial charge in [-0.25, -0.2) is 4.98 Å². The normalized spacial score (nSPS) is 10.6. The van der Waals surface area contributed by atoms with E-state index in [2.05, 4.69) is 15.2 Å². The fraction of sp³-hybridized carbons (Fsp3) is 0.385. The fourth-order valence-electron chi connectivity index (χ4n) is 1.70. The Balaban J connectivity index is 2.06. The molecule has 0 aliphatic heterocycles. The van der Waals surface area contributed by atoms with Crippen LogP contribution in [0.5, 0.6) is 5.75 Å². The Kier molecular flexibility index (Phi) is 4.30. The van der Waals surface area contributed by atoms with E-state index in [1.165, 1.54) is 0 Å². The minimum Gasteiger partial charge on any atom is -0.496 e. The van der Waals surface area contributed by atoms with Gasteiger partial charge in [0.1, 0.15) is 18.2 Å². The van der Waals surface area contributed by atoms with Gasteiger partial charge in [0.25, 0.3) is 0 Å². The minimum atomic E-state index is 0.443. The van der Waals surface area contributed by atoms with Crippen LogP contribution < -0.4 is 4.74 Å². The van der Waals surface area contributed by atoms with Crippen LogP contribution in [0, 0.1) is 0 Å². The topological polar surface area (TPSA) is 60.0 Å². The summed E-state index contributed by atoms with van der Waals surface area (Å²) >= 11 is 0. The summed E-state index contributed by atoms with van der Waals surface area (Å²) in [5.74, 6) is 2.36. The molecule has 0 radical (unpaired) electrons. The van der Waals surface area contributed by atoms with Crippen molar-refractivity contribution in [1.82, 2.24) is 15.2 Å². The highest BCUT2D eigenvalue weighted by Crippen LogP contribution is 2.19. The molecule has 5 heteroatoms. The lowest BCUT2D eigenvalue weighted by Crippen LogP contribution is -1.96. The molecular weight excluding hydrogens is 230 g/mol. The SMILES string of the molecule is CCOCc1n[nH]c(Cc2ccccc2OC)n1. The van der Waals surface area contributed by atoms with Crippen LogP contribution in [0.25, 0.3) is 0 Å². The van der Waals surface area contributed by atoms with Crippen molar-refractivity contribution >= 4 is 0 Å². The predicted molar refractivity (Wildman–Crippen MR) is 67.5 cm³/mol. The molecule has 1 aromatic heterocycles. The zero-order valence-electron chi connectivity index (χ0n) is 10.6. The van der Waals surface area contributed by atoms with E-state index in [0.717, 1.165) is 17.1 Å². The van der Waals surface area contributed by atoms with Gasteiger partial charge in [0.15, 0.2) is 5.82 Å². The molecule has 96 valence electrons. The third kappa shape index (κ3) is 3.07. The summed E-state index contributed by atoms with van der Waals surface area (Å²) in [4.78, 5) is 4.37. The van der Waals surface area contributed by atoms with Gasteiger partial charge < -0.3 is 9.47 Å². The first-order valence-corrected chi connectivity index (χ1v) is 5.93. The fourth-order valence-corrected chi connectivity index (χ4v) is 1.70. The van der Waals surface area contributed by atoms with E-state index in [1.54, 1.807) is 7.11 Å². The molecule has 1 heterocycles. The summed E-state index contributed by atoms with van der Waals surface area (Å²) in [5, 5.41) is 7.02. The zero-order chi connectivity index (χ0) is 12.8. The lowest BCUT2D eigenvalue weighted by Gasteiger charge is -2.05. The molecule has 0 aliphatic rings. The van der Waals surface area contributed by atoms with Gasteiger partial charge in [0, 0.05) is 18.6 Å². The van der Waals surface area contributed by atoms with E-state index >= 15 is 0 Å². The monoisotopic (exact) mass is 247 g/mol. The van der Waals surface area contributed by atoms with E-state index in [1.807, 2.05) is 31.2 Å². The van der Waals surface area contributed by atoms with Crippen molar-refractivity contribution in [2.45, 2.75) is 20.0 Å². The van der Waals surface area contributed by atoms with E-state index < -0.39 is 0 Å². The average Bonchev–Trinajstić information content (AvgIpc) is 2.84. The molecule has 0 saturated heterocycles. The quantitative estimate of drug-likeness (QED) is 0.847. The molecule has 0 spiro atoms. The Labute approximate surface area is 106 Å². The Morgan fingerprint density at radius 3 is 2.89 bits per heavy atom. The summed E-state index contributed by atoms with van der Waals surface area (Å²) in [6, 6.07) is 7.88. The van der Waals surface area contributed by atoms with E-state index in [9.17, 15) is 0 Å². The molecule has 1 N–H and O–H groups in total. The molecule has 0 bridgehead atoms. The van der Waals surface area contributed by atoms with Gasteiger partial charge >= 0.3 is 0 Å². The number of hydrogen-bond donors (Lipinski definition) is 1. The highest BCUT2D eigenvalue weighted by atomic mass is 16.5. The first-order valence-electron chi connectivity index (χ1n) is 5.93. The van der Waals surface area contributed by atoms with Gasteiger partial charge in [0.05, 0.1) is 7.11 Å². The Morgan fingerprint density at radius 2 is 2.11 bits per heavy atom. The van der Waals surface area contributed by atoms with Crippen molar-refractivity contribution in [2.75, 3.05) is 13.7 Å². The largest absolute Gasteiger partial charge is 0.496 e. The molecule has 0 amide bonds. The average molecular weight is 247 g/mol. The molecule has 0 aliphatic carbocycles. The minimum absolute atomic E-state index is 0.443. The van der Waals surface area contributed by atoms with Gasteiger partial charge in [0.2, 0.25) is 0 Å². The van der Waals surface area contributed by atoms with Crippen molar-refractivity contribution in [3.05, 3.63) is 41.5 Å². The first kappa shape index (κ1) is 12.6. The van der Waals surface area contributed by atoms with Crippen molar-refractivity contribution < 1.29 is 9.47 Å². The van der Waals surface area contributed by atoms with Crippen molar-refractivity contribution in [1.29, 1.82) is 0 Å². The van der Waals surface area contributed by atoms with Gasteiger partial charge in [-0.2, -0.15) is 5.10 Å². The van der Waals surface area contributed by atoms with Crippen LogP contribution in [0.1, 0.15) is 24.1 Å². The maximum Gasteiger partial charge on any atom is 0.176 e. The number of benzene rings is 1. The molecule has 1 aromatic carbocycles. The third-order valence-corrected chi connectivity index (χ3v) is 2.56. The van der Waals surface area contributed by atoms with Crippen LogP contribution in [0.4, 0.5) is 0 Å². The maximum absolute atomic E-state index is 5.30. The summed E-state index contributed by atoms with van der Waals surface area (Å²) in [5.41, 5.74) is 1.08. The molecule has 2 rings (SSSR count). The lowest BCUT2D eigenvalue weighted by molar-refractivity contribution is 0.128. The van der Waals surface area contributed by atoms with E-state index in [4.69, 9.17) is 9.47 Å². The summed E-state index contributed by atoms with van der Waals surface area (Å²) < 4.78 is 10.6. The number of nitrogens with zero attached hydrogens (tertiary/aromatic N) is 2. The van der Waals surface area contributed by atoms with E-state index in [-0.39, 0.29) is 0 Å². The number of para-hydroxylation sites is 1. The van der Waals surface area contributed by atoms with Crippen LogP contribution in [0.2, 0.25) is 0 Å². The molecule has 2 aromatic rings. The highest BCUT2D eigenvalue weighted by Gasteiger charge is 2.07. The number of hydrogen-bond acceptors (Lipinski definition) is 4. The van der Waals surface area contributed by atoms with Gasteiger partial charge in [-0.1, -0.05) is 18.2 Å². The van der Waals surface area contributed by atoms with Crippen LogP contribution in [-0.4, -0.2) is 28.9 Å². The van der Waals surface area contributed by atoms with Gasteiger partial charge in [-0.3, -0.25) is 5.10 Å². The molecule has 0 atom stereocenters. The third-order valence-electron chi connectivity index (χ3n) is 2.56. The van der Waals surface area contributed by atoms with Crippen molar-refractivity contribution in [2.24, 2.45) is 0 Å². The number of aromatic nitrogens is 3. The number of aromatic amines is 1. The smallest absolute Gasteiger partial charge is 0.176 e. The number of H-pyrrole nitrogens is 1. The number of ether oxygens (including phenoxy) is 2. The lowest BCUT2D eigenvalue weighted by atomic mass is 10.1. The summed E-state index contributed by atoms with van der Waals surface area (Å²) in [6.45, 7) is 3.05. The molecule has 0 unspecified atom stereocenters. The number of nitrogens with one attached hydrogen (secondary N) is 1. The van der Waals surface area contributed by atoms with Crippen LogP contribution in [0.15, 0.2) is 24.3 Å². The molecule has 0 saturated carbocycles. The number of methoxy groups -OCH3 is 1. The van der Waals surface area contributed by atoms with Crippen molar-refractivity contribution in [3.63, 3.8) is 0 Å². The zero-order valence-corrected chi connectivity index (χ0v) is 10.6. The maximum atomic E-state index is 5.30. The second-order valence-electron chi connectivity index (χ2n) is 3.82. The molecule has 18 heavy (non-hydrogen) atoms. The standard InChI is InChI=1S/C13H17N3O2/c1-3-18-9-13-14-12(15-16-13)8-10-6-4-5-7-11(10)17-2/h4-7H,3,8-9H2,1-2H3,(H,14,15,16). The van der Waals surface area contributed by atoms with Crippen LogP contribution in [0.3, 0.4) is 0 Å². The summed E-state index contributed by atoms with van der Waals surface area (Å²) in [6.07, 6.45) is 0.670. The van der Waals surface area contributed by atoms with Crippen LogP contribution >= 0.6 is 0 Å². The number of rotatable bonds is 6. The van der Waals surface area contributed by atoms with Gasteiger partial charge in [-0.05, 0) is 13.0 Å². The summed E-state index contributed by atoms with van der Waals surface area (Å²) in [7, 11) is 1.67. The van der Waals surface area contributed by atoms with Crippen molar-refractivity contribution in [3.8, 4) is 5.75 Å². The molecular formula is C13H17N3O2. The predicted octanol–water partition coefficient (Wildman–Crippen LogP) is 1.94. The first-order chi connectivity index (χ1) is 8.83. The second-order valence-corrected chi connectivity index (χ2v) is 3.82. The Hall–Kier alpha value is -1.88. The van der Waals surface area contributed by atoms with Crippen LogP contribution in [-0.2, 0) is 17.8 Å². The van der Waals surface area contributed by atoms with Gasteiger partial charge in [-0.15, -0.1) is 0 Å².